The summed E-state index contributed by atoms with van der Waals surface area (Å²) in [6.45, 7) is 12.6. The third-order valence-corrected chi connectivity index (χ3v) is 10.8. The van der Waals surface area contributed by atoms with E-state index in [1.807, 2.05) is 0 Å². The maximum absolute atomic E-state index is 11.2. The van der Waals surface area contributed by atoms with E-state index in [-0.39, 0.29) is 6.10 Å². The zero-order valence-corrected chi connectivity index (χ0v) is 19.6. The summed E-state index contributed by atoms with van der Waals surface area (Å²) in [6, 6.07) is 0. The summed E-state index contributed by atoms with van der Waals surface area (Å²) in [7, 11) is 0. The highest BCUT2D eigenvalue weighted by atomic mass is 16.3. The van der Waals surface area contributed by atoms with Crippen molar-refractivity contribution in [3.63, 3.8) is 0 Å². The van der Waals surface area contributed by atoms with Gasteiger partial charge in [0.15, 0.2) is 0 Å². The molecule has 0 spiro atoms. The normalized spacial score (nSPS) is 49.4. The quantitative estimate of drug-likeness (QED) is 0.518. The van der Waals surface area contributed by atoms with Crippen LogP contribution in [0.4, 0.5) is 0 Å². The molecule has 0 aromatic rings. The van der Waals surface area contributed by atoms with Crippen LogP contribution in [0.3, 0.4) is 0 Å². The summed E-state index contributed by atoms with van der Waals surface area (Å²) in [4.78, 5) is 0. The zero-order valence-electron chi connectivity index (χ0n) is 19.6. The van der Waals surface area contributed by atoms with Crippen molar-refractivity contribution in [1.82, 2.24) is 0 Å². The van der Waals surface area contributed by atoms with Crippen LogP contribution in [0.5, 0.6) is 0 Å². The van der Waals surface area contributed by atoms with Crippen molar-refractivity contribution in [2.45, 2.75) is 118 Å². The van der Waals surface area contributed by atoms with Gasteiger partial charge in [-0.2, -0.15) is 0 Å². The van der Waals surface area contributed by atoms with Gasteiger partial charge >= 0.3 is 0 Å². The van der Waals surface area contributed by atoms with E-state index >= 15 is 0 Å². The Hall–Kier alpha value is -0.0400. The molecular weight excluding hydrogens is 340 g/mol. The summed E-state index contributed by atoms with van der Waals surface area (Å²) < 4.78 is 0. The Balaban J connectivity index is 1.49. The van der Waals surface area contributed by atoms with Crippen LogP contribution in [0.25, 0.3) is 0 Å². The summed E-state index contributed by atoms with van der Waals surface area (Å²) >= 11 is 0. The van der Waals surface area contributed by atoms with Crippen molar-refractivity contribution >= 4 is 0 Å². The Morgan fingerprint density at radius 3 is 2.32 bits per heavy atom. The predicted molar refractivity (Wildman–Crippen MR) is 119 cm³/mol. The van der Waals surface area contributed by atoms with Gasteiger partial charge in [0.2, 0.25) is 0 Å². The van der Waals surface area contributed by atoms with Gasteiger partial charge in [-0.3, -0.25) is 0 Å². The molecule has 6 unspecified atom stereocenters. The second-order valence-electron chi connectivity index (χ2n) is 12.6. The van der Waals surface area contributed by atoms with Crippen LogP contribution in [-0.4, -0.2) is 11.2 Å². The summed E-state index contributed by atoms with van der Waals surface area (Å²) in [5.41, 5.74) is 0.985. The second kappa shape index (κ2) is 7.90. The minimum absolute atomic E-state index is 0.0172. The van der Waals surface area contributed by atoms with Gasteiger partial charge in [-0.25, -0.2) is 0 Å². The molecule has 0 radical (unpaired) electrons. The number of fused-ring (bicyclic) bond motifs is 5. The van der Waals surface area contributed by atoms with Gasteiger partial charge < -0.3 is 5.11 Å². The third kappa shape index (κ3) is 3.40. The Labute approximate surface area is 175 Å². The van der Waals surface area contributed by atoms with Gasteiger partial charge in [-0.1, -0.05) is 66.7 Å². The van der Waals surface area contributed by atoms with Gasteiger partial charge in [-0.15, -0.1) is 0 Å². The molecule has 162 valence electrons. The van der Waals surface area contributed by atoms with Crippen molar-refractivity contribution in [2.24, 2.45) is 52.3 Å². The van der Waals surface area contributed by atoms with E-state index in [0.29, 0.717) is 16.7 Å². The summed E-state index contributed by atoms with van der Waals surface area (Å²) in [6.07, 6.45) is 16.6. The van der Waals surface area contributed by atoms with Crippen molar-refractivity contribution in [3.8, 4) is 0 Å². The molecule has 1 N–H and O–H groups in total. The monoisotopic (exact) mass is 388 g/mol. The number of hydrogen-bond acceptors (Lipinski definition) is 1. The Kier molecular flexibility index (Phi) is 5.98. The minimum atomic E-state index is -0.0172. The zero-order chi connectivity index (χ0) is 20.1. The van der Waals surface area contributed by atoms with Gasteiger partial charge in [0.25, 0.3) is 0 Å². The lowest BCUT2D eigenvalue weighted by molar-refractivity contribution is -0.159. The number of aliphatic hydroxyl groups is 1. The van der Waals surface area contributed by atoms with Crippen LogP contribution in [-0.2, 0) is 0 Å². The van der Waals surface area contributed by atoms with E-state index in [1.54, 1.807) is 0 Å². The molecule has 0 aromatic carbocycles. The van der Waals surface area contributed by atoms with Crippen molar-refractivity contribution in [3.05, 3.63) is 0 Å². The molecule has 0 saturated heterocycles. The van der Waals surface area contributed by atoms with E-state index < -0.39 is 0 Å². The van der Waals surface area contributed by atoms with E-state index in [9.17, 15) is 5.11 Å². The SMILES string of the molecule is CC(C)CCC[C@@H](C)C1CCC2C3C[C@H](O)C4CCCCC4(C)[C@H]3CCC21C. The van der Waals surface area contributed by atoms with Crippen LogP contribution < -0.4 is 0 Å². The van der Waals surface area contributed by atoms with Gasteiger partial charge in [0.05, 0.1) is 6.10 Å². The lowest BCUT2D eigenvalue weighted by Crippen LogP contribution is -2.57. The minimum Gasteiger partial charge on any atom is -0.393 e. The van der Waals surface area contributed by atoms with Crippen molar-refractivity contribution in [2.75, 3.05) is 0 Å². The topological polar surface area (TPSA) is 20.2 Å². The number of aliphatic hydroxyl groups excluding tert-OH is 1. The third-order valence-electron chi connectivity index (χ3n) is 10.8. The highest BCUT2D eigenvalue weighted by Gasteiger charge is 2.61. The first-order valence-corrected chi connectivity index (χ1v) is 13.0. The van der Waals surface area contributed by atoms with E-state index in [0.717, 1.165) is 41.9 Å². The number of hydrogen-bond donors (Lipinski definition) is 1. The fourth-order valence-electron chi connectivity index (χ4n) is 9.38. The first-order valence-electron chi connectivity index (χ1n) is 13.0. The molecule has 0 bridgehead atoms. The van der Waals surface area contributed by atoms with Crippen molar-refractivity contribution < 1.29 is 5.11 Å². The highest BCUT2D eigenvalue weighted by Crippen LogP contribution is 2.68. The number of rotatable bonds is 5. The van der Waals surface area contributed by atoms with Crippen LogP contribution >= 0.6 is 0 Å². The predicted octanol–water partition coefficient (Wildman–Crippen LogP) is 7.47. The van der Waals surface area contributed by atoms with Crippen LogP contribution in [0, 0.1) is 52.3 Å². The lowest BCUT2D eigenvalue weighted by atomic mass is 9.44. The van der Waals surface area contributed by atoms with E-state index in [2.05, 4.69) is 34.6 Å². The molecule has 28 heavy (non-hydrogen) atoms. The first kappa shape index (κ1) is 21.2. The Morgan fingerprint density at radius 1 is 0.821 bits per heavy atom. The molecule has 0 aliphatic heterocycles. The summed E-state index contributed by atoms with van der Waals surface area (Å²) in [5.74, 6) is 5.85. The van der Waals surface area contributed by atoms with Gasteiger partial charge in [-0.05, 0) is 97.2 Å². The first-order chi connectivity index (χ1) is 13.3. The Morgan fingerprint density at radius 2 is 1.57 bits per heavy atom. The largest absolute Gasteiger partial charge is 0.393 e. The Bertz CT molecular complexity index is 540. The fourth-order valence-corrected chi connectivity index (χ4v) is 9.38. The average Bonchev–Trinajstić information content (AvgIpc) is 2.99. The second-order valence-corrected chi connectivity index (χ2v) is 12.6. The molecule has 4 rings (SSSR count). The lowest BCUT2D eigenvalue weighted by Gasteiger charge is -2.62. The van der Waals surface area contributed by atoms with Gasteiger partial charge in [0, 0.05) is 0 Å². The van der Waals surface area contributed by atoms with Crippen LogP contribution in [0.1, 0.15) is 112 Å². The molecule has 0 aromatic heterocycles. The fraction of sp³-hybridized carbons (Fsp3) is 1.00. The molecule has 0 heterocycles. The molecule has 1 nitrogen and oxygen atoms in total. The maximum atomic E-state index is 11.2. The van der Waals surface area contributed by atoms with Crippen molar-refractivity contribution in [1.29, 1.82) is 0 Å². The van der Waals surface area contributed by atoms with Crippen LogP contribution in [0.2, 0.25) is 0 Å². The van der Waals surface area contributed by atoms with E-state index in [1.165, 1.54) is 70.6 Å². The maximum Gasteiger partial charge on any atom is 0.0576 e. The van der Waals surface area contributed by atoms with E-state index in [4.69, 9.17) is 0 Å². The standard InChI is InChI=1S/C27H48O/c1-18(2)9-8-10-19(3)21-12-13-22-20-17-25(28)24-11-6-7-15-26(24,4)23(20)14-16-27(21,22)5/h18-25,28H,6-17H2,1-5H3/t19-,20?,21?,22?,23+,24?,25+,26?,27?/m1/s1. The molecule has 4 aliphatic carbocycles. The highest BCUT2D eigenvalue weighted by molar-refractivity contribution is 5.10. The summed E-state index contributed by atoms with van der Waals surface area (Å²) in [5, 5.41) is 11.2. The molecule has 1 heteroatoms. The molecule has 9 atom stereocenters. The van der Waals surface area contributed by atoms with Crippen LogP contribution in [0.15, 0.2) is 0 Å². The van der Waals surface area contributed by atoms with Gasteiger partial charge in [0.1, 0.15) is 0 Å². The smallest absolute Gasteiger partial charge is 0.0576 e. The molecule has 0 amide bonds. The molecular formula is C27H48O. The average molecular weight is 389 g/mol. The molecule has 4 aliphatic rings. The molecule has 4 fully saturated rings. The molecule has 4 saturated carbocycles.